The third-order valence-corrected chi connectivity index (χ3v) is 2.21. The smallest absolute Gasteiger partial charge is 0.121 e. The zero-order valence-corrected chi connectivity index (χ0v) is 6.58. The molecule has 0 atom stereocenters. The quantitative estimate of drug-likeness (QED) is 0.654. The summed E-state index contributed by atoms with van der Waals surface area (Å²) in [4.78, 5) is 0. The van der Waals surface area contributed by atoms with Crippen molar-refractivity contribution in [3.8, 4) is 0 Å². The van der Waals surface area contributed by atoms with E-state index in [1.165, 1.54) is 0 Å². The van der Waals surface area contributed by atoms with Gasteiger partial charge in [0.05, 0.1) is 11.9 Å². The van der Waals surface area contributed by atoms with Crippen molar-refractivity contribution in [2.24, 2.45) is 7.05 Å². The summed E-state index contributed by atoms with van der Waals surface area (Å²) >= 11 is 2.14. The highest BCUT2D eigenvalue weighted by atomic mass is 127. The highest BCUT2D eigenvalue weighted by molar-refractivity contribution is 14.1. The van der Waals surface area contributed by atoms with Gasteiger partial charge < -0.3 is 5.73 Å². The number of nitrogen functional groups attached to an aromatic ring is 1. The molecule has 0 amide bonds. The number of rotatable bonds is 0. The van der Waals surface area contributed by atoms with Crippen LogP contribution in [0.3, 0.4) is 0 Å². The lowest BCUT2D eigenvalue weighted by Crippen LogP contribution is -1.93. The van der Waals surface area contributed by atoms with Gasteiger partial charge in [-0.1, -0.05) is 0 Å². The van der Waals surface area contributed by atoms with Crippen molar-refractivity contribution in [1.29, 1.82) is 0 Å². The molecule has 3 nitrogen and oxygen atoms in total. The predicted octanol–water partition coefficient (Wildman–Crippen LogP) is 0.607. The van der Waals surface area contributed by atoms with Crippen molar-refractivity contribution in [2.75, 3.05) is 5.73 Å². The first-order valence-corrected chi connectivity index (χ1v) is 3.22. The molecule has 4 heteroatoms. The van der Waals surface area contributed by atoms with E-state index in [4.69, 9.17) is 5.73 Å². The summed E-state index contributed by atoms with van der Waals surface area (Å²) in [5, 5.41) is 3.90. The van der Waals surface area contributed by atoms with Crippen LogP contribution in [0.25, 0.3) is 0 Å². The van der Waals surface area contributed by atoms with Gasteiger partial charge in [-0.3, -0.25) is 4.68 Å². The standard InChI is InChI=1S/C4H6IN3/c1-8-4(5)3(6)2-7-8/h2H,6H2,1H3. The van der Waals surface area contributed by atoms with Crippen LogP contribution in [0.1, 0.15) is 0 Å². The van der Waals surface area contributed by atoms with Gasteiger partial charge in [0.25, 0.3) is 0 Å². The SMILES string of the molecule is Cn1ncc(N)c1I. The Morgan fingerprint density at radius 1 is 1.88 bits per heavy atom. The second kappa shape index (κ2) is 1.93. The van der Waals surface area contributed by atoms with Gasteiger partial charge in [-0.2, -0.15) is 5.10 Å². The van der Waals surface area contributed by atoms with Crippen LogP contribution in [0.15, 0.2) is 6.20 Å². The van der Waals surface area contributed by atoms with Crippen LogP contribution in [-0.4, -0.2) is 9.78 Å². The van der Waals surface area contributed by atoms with Gasteiger partial charge in [-0.05, 0) is 22.6 Å². The molecule has 1 rings (SSSR count). The molecule has 0 spiro atoms. The van der Waals surface area contributed by atoms with Crippen molar-refractivity contribution < 1.29 is 0 Å². The van der Waals surface area contributed by atoms with Crippen LogP contribution in [0.4, 0.5) is 5.69 Å². The number of aromatic nitrogens is 2. The summed E-state index contributed by atoms with van der Waals surface area (Å²) in [6.45, 7) is 0. The van der Waals surface area contributed by atoms with Gasteiger partial charge >= 0.3 is 0 Å². The number of hydrogen-bond donors (Lipinski definition) is 1. The van der Waals surface area contributed by atoms with E-state index < -0.39 is 0 Å². The average Bonchev–Trinajstić information content (AvgIpc) is 1.98. The first-order chi connectivity index (χ1) is 3.72. The van der Waals surface area contributed by atoms with E-state index in [0.29, 0.717) is 0 Å². The number of anilines is 1. The molecule has 0 bridgehead atoms. The fourth-order valence-corrected chi connectivity index (χ4v) is 0.703. The third kappa shape index (κ3) is 0.795. The summed E-state index contributed by atoms with van der Waals surface area (Å²) in [6.07, 6.45) is 1.64. The molecule has 0 aromatic carbocycles. The second-order valence-electron chi connectivity index (χ2n) is 1.51. The van der Waals surface area contributed by atoms with Crippen LogP contribution < -0.4 is 5.73 Å². The van der Waals surface area contributed by atoms with Crippen molar-refractivity contribution in [1.82, 2.24) is 9.78 Å². The lowest BCUT2D eigenvalue weighted by molar-refractivity contribution is 0.748. The number of nitrogens with zero attached hydrogens (tertiary/aromatic N) is 2. The highest BCUT2D eigenvalue weighted by Crippen LogP contribution is 2.10. The monoisotopic (exact) mass is 223 g/mol. The van der Waals surface area contributed by atoms with E-state index in [1.807, 2.05) is 7.05 Å². The Bertz CT molecular complexity index is 174. The van der Waals surface area contributed by atoms with Gasteiger partial charge in [0.1, 0.15) is 3.70 Å². The molecular formula is C4H6IN3. The summed E-state index contributed by atoms with van der Waals surface area (Å²) < 4.78 is 2.72. The van der Waals surface area contributed by atoms with Crippen LogP contribution in [0, 0.1) is 3.70 Å². The van der Waals surface area contributed by atoms with Crippen molar-refractivity contribution in [3.63, 3.8) is 0 Å². The van der Waals surface area contributed by atoms with E-state index in [9.17, 15) is 0 Å². The van der Waals surface area contributed by atoms with Crippen LogP contribution in [0.5, 0.6) is 0 Å². The molecular weight excluding hydrogens is 217 g/mol. The molecule has 1 aromatic heterocycles. The lowest BCUT2D eigenvalue weighted by Gasteiger charge is -1.88. The van der Waals surface area contributed by atoms with E-state index >= 15 is 0 Å². The minimum absolute atomic E-state index is 0.744. The van der Waals surface area contributed by atoms with Crippen molar-refractivity contribution >= 4 is 28.3 Å². The van der Waals surface area contributed by atoms with Gasteiger partial charge in [-0.15, -0.1) is 0 Å². The lowest BCUT2D eigenvalue weighted by atomic mass is 10.6. The summed E-state index contributed by atoms with van der Waals surface area (Å²) in [6, 6.07) is 0. The van der Waals surface area contributed by atoms with E-state index in [0.717, 1.165) is 9.39 Å². The molecule has 0 saturated carbocycles. The fourth-order valence-electron chi connectivity index (χ4n) is 0.440. The molecule has 0 unspecified atom stereocenters. The molecule has 44 valence electrons. The van der Waals surface area contributed by atoms with E-state index in [2.05, 4.69) is 27.7 Å². The maximum Gasteiger partial charge on any atom is 0.121 e. The zero-order chi connectivity index (χ0) is 6.15. The van der Waals surface area contributed by atoms with Crippen molar-refractivity contribution in [3.05, 3.63) is 9.90 Å². The molecule has 2 N–H and O–H groups in total. The molecule has 0 radical (unpaired) electrons. The molecule has 0 aliphatic rings. The minimum atomic E-state index is 0.744. The second-order valence-corrected chi connectivity index (χ2v) is 2.54. The average molecular weight is 223 g/mol. The summed E-state index contributed by atoms with van der Waals surface area (Å²) in [7, 11) is 1.86. The molecule has 8 heavy (non-hydrogen) atoms. The molecule has 0 saturated heterocycles. The van der Waals surface area contributed by atoms with Gasteiger partial charge in [-0.25, -0.2) is 0 Å². The zero-order valence-electron chi connectivity index (χ0n) is 4.43. The van der Waals surface area contributed by atoms with E-state index in [-0.39, 0.29) is 0 Å². The Balaban J connectivity index is 3.19. The normalized spacial score (nSPS) is 9.75. The third-order valence-electron chi connectivity index (χ3n) is 0.892. The Labute approximate surface area is 61.0 Å². The van der Waals surface area contributed by atoms with Crippen LogP contribution in [0.2, 0.25) is 0 Å². The Morgan fingerprint density at radius 3 is 2.62 bits per heavy atom. The molecule has 1 aromatic rings. The highest BCUT2D eigenvalue weighted by Gasteiger charge is 1.96. The Hall–Kier alpha value is -0.260. The van der Waals surface area contributed by atoms with Crippen LogP contribution >= 0.6 is 22.6 Å². The first kappa shape index (κ1) is 5.87. The molecule has 0 aliphatic carbocycles. The van der Waals surface area contributed by atoms with Gasteiger partial charge in [0, 0.05) is 7.05 Å². The largest absolute Gasteiger partial charge is 0.395 e. The van der Waals surface area contributed by atoms with Crippen LogP contribution in [-0.2, 0) is 7.05 Å². The maximum atomic E-state index is 5.45. The predicted molar refractivity (Wildman–Crippen MR) is 40.3 cm³/mol. The first-order valence-electron chi connectivity index (χ1n) is 2.15. The number of nitrogens with two attached hydrogens (primary N) is 1. The maximum absolute atomic E-state index is 5.45. The number of aryl methyl sites for hydroxylation is 1. The van der Waals surface area contributed by atoms with E-state index in [1.54, 1.807) is 10.9 Å². The van der Waals surface area contributed by atoms with Crippen molar-refractivity contribution in [2.45, 2.75) is 0 Å². The topological polar surface area (TPSA) is 43.8 Å². The fraction of sp³-hybridized carbons (Fsp3) is 0.250. The summed E-state index contributed by atoms with van der Waals surface area (Å²) in [5.41, 5.74) is 6.19. The molecule has 0 fully saturated rings. The van der Waals surface area contributed by atoms with Gasteiger partial charge in [0.15, 0.2) is 0 Å². The molecule has 1 heterocycles. The minimum Gasteiger partial charge on any atom is -0.395 e. The number of halogens is 1. The Kier molecular flexibility index (Phi) is 1.41. The Morgan fingerprint density at radius 2 is 2.50 bits per heavy atom. The van der Waals surface area contributed by atoms with Gasteiger partial charge in [0.2, 0.25) is 0 Å². The summed E-state index contributed by atoms with van der Waals surface area (Å²) in [5.74, 6) is 0. The molecule has 0 aliphatic heterocycles. The number of hydrogen-bond acceptors (Lipinski definition) is 2.